The van der Waals surface area contributed by atoms with E-state index in [0.29, 0.717) is 49.1 Å². The van der Waals surface area contributed by atoms with Crippen LogP contribution >= 0.6 is 22.9 Å². The smallest absolute Gasteiger partial charge is 0.258 e. The number of nitrogens with one attached hydrogen (secondary N) is 1. The second kappa shape index (κ2) is 8.47. The fourth-order valence-electron chi connectivity index (χ4n) is 2.82. The van der Waals surface area contributed by atoms with Gasteiger partial charge in [0.2, 0.25) is 5.91 Å². The zero-order chi connectivity index (χ0) is 18.5. The average molecular weight is 390 g/mol. The Morgan fingerprint density at radius 3 is 2.81 bits per heavy atom. The van der Waals surface area contributed by atoms with E-state index in [4.69, 9.17) is 11.6 Å². The lowest BCUT2D eigenvalue weighted by molar-refractivity contribution is -0.131. The summed E-state index contributed by atoms with van der Waals surface area (Å²) in [4.78, 5) is 34.7. The van der Waals surface area contributed by atoms with Crippen molar-refractivity contribution in [3.05, 3.63) is 61.8 Å². The SMILES string of the molecule is CCN(Cc1ccc(Cl)s1)C(=O)CCCc1nc2ccccc2c(=O)[nH]1. The number of carbonyl (C=O) groups is 1. The minimum atomic E-state index is -0.137. The molecular weight excluding hydrogens is 370 g/mol. The first-order valence-corrected chi connectivity index (χ1v) is 9.76. The van der Waals surface area contributed by atoms with Gasteiger partial charge in [-0.1, -0.05) is 23.7 Å². The summed E-state index contributed by atoms with van der Waals surface area (Å²) in [5.74, 6) is 0.717. The second-order valence-corrected chi connectivity index (χ2v) is 7.80. The Hall–Kier alpha value is -2.18. The molecule has 26 heavy (non-hydrogen) atoms. The number of H-pyrrole nitrogens is 1. The van der Waals surface area contributed by atoms with Gasteiger partial charge in [0.05, 0.1) is 21.8 Å². The molecule has 0 aliphatic carbocycles. The van der Waals surface area contributed by atoms with E-state index in [1.165, 1.54) is 11.3 Å². The zero-order valence-electron chi connectivity index (χ0n) is 14.5. The first-order valence-electron chi connectivity index (χ1n) is 8.56. The Kier molecular flexibility index (Phi) is 6.06. The molecule has 0 saturated heterocycles. The van der Waals surface area contributed by atoms with Crippen molar-refractivity contribution in [3.63, 3.8) is 0 Å². The maximum absolute atomic E-state index is 12.5. The normalized spacial score (nSPS) is 11.0. The van der Waals surface area contributed by atoms with Crippen LogP contribution in [0.25, 0.3) is 10.9 Å². The lowest BCUT2D eigenvalue weighted by Gasteiger charge is -2.20. The number of aromatic nitrogens is 2. The fraction of sp³-hybridized carbons (Fsp3) is 0.316. The molecule has 0 aliphatic heterocycles. The van der Waals surface area contributed by atoms with Crippen LogP contribution in [0.3, 0.4) is 0 Å². The van der Waals surface area contributed by atoms with Crippen LogP contribution in [0.4, 0.5) is 0 Å². The minimum Gasteiger partial charge on any atom is -0.338 e. The van der Waals surface area contributed by atoms with Crippen LogP contribution in [0.5, 0.6) is 0 Å². The Bertz CT molecular complexity index is 967. The lowest BCUT2D eigenvalue weighted by Crippen LogP contribution is -2.29. The highest BCUT2D eigenvalue weighted by molar-refractivity contribution is 7.16. The number of hydrogen-bond donors (Lipinski definition) is 1. The third-order valence-corrected chi connectivity index (χ3v) is 5.39. The van der Waals surface area contributed by atoms with Gasteiger partial charge in [-0.15, -0.1) is 11.3 Å². The number of aryl methyl sites for hydroxylation is 1. The third kappa shape index (κ3) is 4.51. The van der Waals surface area contributed by atoms with E-state index >= 15 is 0 Å². The maximum atomic E-state index is 12.5. The van der Waals surface area contributed by atoms with Crippen molar-refractivity contribution in [2.24, 2.45) is 0 Å². The standard InChI is InChI=1S/C19H20ClN3O2S/c1-2-23(12-13-10-11-16(20)26-13)18(24)9-5-8-17-21-15-7-4-3-6-14(15)19(25)22-17/h3-4,6-7,10-11H,2,5,8-9,12H2,1H3,(H,21,22,25). The van der Waals surface area contributed by atoms with Crippen LogP contribution in [0, 0.1) is 0 Å². The number of hydrogen-bond acceptors (Lipinski definition) is 4. The molecule has 0 unspecified atom stereocenters. The number of amides is 1. The molecule has 0 atom stereocenters. The third-order valence-electron chi connectivity index (χ3n) is 4.18. The minimum absolute atomic E-state index is 0.0974. The lowest BCUT2D eigenvalue weighted by atomic mass is 10.2. The first-order chi connectivity index (χ1) is 12.6. The summed E-state index contributed by atoms with van der Waals surface area (Å²) in [6, 6.07) is 11.1. The molecule has 0 spiro atoms. The topological polar surface area (TPSA) is 66.1 Å². The van der Waals surface area contributed by atoms with Gasteiger partial charge in [0, 0.05) is 24.3 Å². The van der Waals surface area contributed by atoms with Crippen LogP contribution in [0.15, 0.2) is 41.2 Å². The molecule has 0 bridgehead atoms. The summed E-state index contributed by atoms with van der Waals surface area (Å²) >= 11 is 7.45. The summed E-state index contributed by atoms with van der Waals surface area (Å²) < 4.78 is 0.731. The second-order valence-electron chi connectivity index (χ2n) is 6.00. The van der Waals surface area contributed by atoms with E-state index in [-0.39, 0.29) is 11.5 Å². The molecule has 2 heterocycles. The van der Waals surface area contributed by atoms with Gasteiger partial charge >= 0.3 is 0 Å². The zero-order valence-corrected chi connectivity index (χ0v) is 16.1. The van der Waals surface area contributed by atoms with Crippen molar-refractivity contribution in [2.75, 3.05) is 6.54 Å². The van der Waals surface area contributed by atoms with E-state index in [1.807, 2.05) is 42.2 Å². The number of rotatable bonds is 7. The van der Waals surface area contributed by atoms with Crippen molar-refractivity contribution in [1.82, 2.24) is 14.9 Å². The molecule has 0 fully saturated rings. The van der Waals surface area contributed by atoms with E-state index in [0.717, 1.165) is 9.21 Å². The molecule has 7 heteroatoms. The summed E-state index contributed by atoms with van der Waals surface area (Å²) in [7, 11) is 0. The van der Waals surface area contributed by atoms with E-state index in [9.17, 15) is 9.59 Å². The largest absolute Gasteiger partial charge is 0.338 e. The molecule has 0 radical (unpaired) electrons. The molecule has 3 rings (SSSR count). The number of benzene rings is 1. The molecule has 5 nitrogen and oxygen atoms in total. The number of halogens is 1. The van der Waals surface area contributed by atoms with Gasteiger partial charge < -0.3 is 9.88 Å². The van der Waals surface area contributed by atoms with Gasteiger partial charge in [-0.05, 0) is 37.6 Å². The van der Waals surface area contributed by atoms with Crippen LogP contribution in [-0.4, -0.2) is 27.3 Å². The predicted octanol–water partition coefficient (Wildman–Crippen LogP) is 4.01. The summed E-state index contributed by atoms with van der Waals surface area (Å²) in [5.41, 5.74) is 0.545. The Morgan fingerprint density at radius 1 is 1.27 bits per heavy atom. The van der Waals surface area contributed by atoms with Gasteiger partial charge in [0.25, 0.3) is 5.56 Å². The van der Waals surface area contributed by atoms with E-state index in [2.05, 4.69) is 9.97 Å². The fourth-order valence-corrected chi connectivity index (χ4v) is 3.92. The van der Waals surface area contributed by atoms with Gasteiger partial charge in [-0.25, -0.2) is 4.98 Å². The highest BCUT2D eigenvalue weighted by Gasteiger charge is 2.13. The molecule has 0 saturated carbocycles. The Labute approximate surface area is 160 Å². The molecule has 0 aliphatic rings. The number of para-hydroxylation sites is 1. The van der Waals surface area contributed by atoms with Crippen molar-refractivity contribution in [1.29, 1.82) is 0 Å². The number of carbonyl (C=O) groups excluding carboxylic acids is 1. The van der Waals surface area contributed by atoms with Gasteiger partial charge in [0.1, 0.15) is 5.82 Å². The van der Waals surface area contributed by atoms with Crippen molar-refractivity contribution in [3.8, 4) is 0 Å². The summed E-state index contributed by atoms with van der Waals surface area (Å²) in [5, 5.41) is 0.582. The molecular formula is C19H20ClN3O2S. The molecule has 1 amide bonds. The highest BCUT2D eigenvalue weighted by atomic mass is 35.5. The monoisotopic (exact) mass is 389 g/mol. The molecule has 3 aromatic rings. The number of fused-ring (bicyclic) bond motifs is 1. The van der Waals surface area contributed by atoms with Gasteiger partial charge in [0.15, 0.2) is 0 Å². The maximum Gasteiger partial charge on any atom is 0.258 e. The van der Waals surface area contributed by atoms with E-state index < -0.39 is 0 Å². The van der Waals surface area contributed by atoms with Crippen LogP contribution in [-0.2, 0) is 17.8 Å². The van der Waals surface area contributed by atoms with Crippen LogP contribution in [0.1, 0.15) is 30.5 Å². The molecule has 1 N–H and O–H groups in total. The quantitative estimate of drug-likeness (QED) is 0.663. The van der Waals surface area contributed by atoms with Crippen molar-refractivity contribution >= 4 is 39.7 Å². The highest BCUT2D eigenvalue weighted by Crippen LogP contribution is 2.23. The predicted molar refractivity (Wildman–Crippen MR) is 106 cm³/mol. The first kappa shape index (κ1) is 18.6. The number of nitrogens with zero attached hydrogens (tertiary/aromatic N) is 2. The Morgan fingerprint density at radius 2 is 2.08 bits per heavy atom. The molecule has 1 aromatic carbocycles. The van der Waals surface area contributed by atoms with Crippen LogP contribution in [0.2, 0.25) is 4.34 Å². The summed E-state index contributed by atoms with van der Waals surface area (Å²) in [6.07, 6.45) is 1.62. The molecule has 136 valence electrons. The van der Waals surface area contributed by atoms with Gasteiger partial charge in [-0.3, -0.25) is 9.59 Å². The molecule has 2 aromatic heterocycles. The number of thiophene rings is 1. The van der Waals surface area contributed by atoms with Crippen LogP contribution < -0.4 is 5.56 Å². The van der Waals surface area contributed by atoms with Crippen molar-refractivity contribution in [2.45, 2.75) is 32.7 Å². The van der Waals surface area contributed by atoms with E-state index in [1.54, 1.807) is 6.07 Å². The van der Waals surface area contributed by atoms with Gasteiger partial charge in [-0.2, -0.15) is 0 Å². The van der Waals surface area contributed by atoms with Crippen molar-refractivity contribution < 1.29 is 4.79 Å². The Balaban J connectivity index is 1.58. The average Bonchev–Trinajstić information content (AvgIpc) is 3.04. The summed E-state index contributed by atoms with van der Waals surface area (Å²) in [6.45, 7) is 3.20. The number of aromatic amines is 1.